The number of carbonyl (C=O) groups is 1. The minimum atomic E-state index is -0.128. The van der Waals surface area contributed by atoms with Gasteiger partial charge in [0.05, 0.1) is 12.6 Å². The lowest BCUT2D eigenvalue weighted by atomic mass is 10.00. The van der Waals surface area contributed by atoms with E-state index in [9.17, 15) is 4.79 Å². The first-order chi connectivity index (χ1) is 10.2. The Morgan fingerprint density at radius 1 is 1.38 bits per heavy atom. The van der Waals surface area contributed by atoms with E-state index in [2.05, 4.69) is 39.8 Å². The minimum Gasteiger partial charge on any atom is -0.383 e. The van der Waals surface area contributed by atoms with Crippen molar-refractivity contribution >= 4 is 6.03 Å². The van der Waals surface area contributed by atoms with Crippen LogP contribution in [-0.4, -0.2) is 50.3 Å². The molecule has 1 aliphatic heterocycles. The topological polar surface area (TPSA) is 53.6 Å². The molecule has 0 bridgehead atoms. The summed E-state index contributed by atoms with van der Waals surface area (Å²) in [6.07, 6.45) is 1.09. The van der Waals surface area contributed by atoms with Crippen molar-refractivity contribution in [1.82, 2.24) is 15.5 Å². The van der Waals surface area contributed by atoms with Gasteiger partial charge in [-0.15, -0.1) is 0 Å². The number of nitrogens with zero attached hydrogens (tertiary/aromatic N) is 1. The predicted octanol–water partition coefficient (Wildman–Crippen LogP) is 1.38. The van der Waals surface area contributed by atoms with E-state index in [0.29, 0.717) is 13.2 Å². The number of urea groups is 1. The molecule has 0 radical (unpaired) electrons. The normalized spacial score (nSPS) is 16.1. The predicted molar refractivity (Wildman–Crippen MR) is 83.3 cm³/mol. The van der Waals surface area contributed by atoms with Crippen molar-refractivity contribution in [2.45, 2.75) is 25.9 Å². The van der Waals surface area contributed by atoms with Gasteiger partial charge in [0.25, 0.3) is 0 Å². The van der Waals surface area contributed by atoms with Crippen LogP contribution in [0.25, 0.3) is 0 Å². The van der Waals surface area contributed by atoms with Crippen LogP contribution in [0.4, 0.5) is 4.79 Å². The maximum absolute atomic E-state index is 11.7. The second-order valence-electron chi connectivity index (χ2n) is 5.55. The lowest BCUT2D eigenvalue weighted by molar-refractivity contribution is 0.170. The van der Waals surface area contributed by atoms with E-state index in [1.54, 1.807) is 7.11 Å². The fourth-order valence-electron chi connectivity index (χ4n) is 2.64. The van der Waals surface area contributed by atoms with Gasteiger partial charge >= 0.3 is 6.03 Å². The molecule has 2 amide bonds. The molecule has 1 unspecified atom stereocenters. The fraction of sp³-hybridized carbons (Fsp3) is 0.562. The molecule has 0 spiro atoms. The van der Waals surface area contributed by atoms with Gasteiger partial charge < -0.3 is 15.4 Å². The monoisotopic (exact) mass is 291 g/mol. The van der Waals surface area contributed by atoms with Gasteiger partial charge in [-0.3, -0.25) is 4.90 Å². The van der Waals surface area contributed by atoms with E-state index in [1.165, 1.54) is 11.1 Å². The lowest BCUT2D eigenvalue weighted by Crippen LogP contribution is -2.45. The van der Waals surface area contributed by atoms with Crippen molar-refractivity contribution in [2.24, 2.45) is 0 Å². The van der Waals surface area contributed by atoms with Crippen LogP contribution in [0.1, 0.15) is 18.1 Å². The van der Waals surface area contributed by atoms with E-state index >= 15 is 0 Å². The van der Waals surface area contributed by atoms with Gasteiger partial charge in [0, 0.05) is 33.3 Å². The second kappa shape index (κ2) is 8.00. The van der Waals surface area contributed by atoms with Crippen LogP contribution < -0.4 is 10.6 Å². The molecule has 21 heavy (non-hydrogen) atoms. The van der Waals surface area contributed by atoms with E-state index in [0.717, 1.165) is 26.1 Å². The van der Waals surface area contributed by atoms with Crippen molar-refractivity contribution in [3.63, 3.8) is 0 Å². The molecule has 1 heterocycles. The molecule has 1 aromatic carbocycles. The molecule has 0 aliphatic carbocycles. The van der Waals surface area contributed by atoms with Crippen LogP contribution in [0.3, 0.4) is 0 Å². The van der Waals surface area contributed by atoms with Gasteiger partial charge in [0.1, 0.15) is 0 Å². The number of hydrogen-bond acceptors (Lipinski definition) is 3. The number of fused-ring (bicyclic) bond motifs is 1. The standard InChI is InChI=1S/C16H25N3O2/c1-13(12-21-2)18-16(20)17-8-10-19-9-7-14-5-3-4-6-15(14)11-19/h3-6,13H,7-12H2,1-2H3,(H2,17,18,20). The molecule has 0 saturated heterocycles. The number of carbonyl (C=O) groups excluding carboxylic acids is 1. The molecule has 1 atom stereocenters. The van der Waals surface area contributed by atoms with Crippen molar-refractivity contribution in [3.05, 3.63) is 35.4 Å². The first-order valence-corrected chi connectivity index (χ1v) is 7.51. The van der Waals surface area contributed by atoms with Crippen LogP contribution in [0.5, 0.6) is 0 Å². The average molecular weight is 291 g/mol. The third kappa shape index (κ3) is 5.02. The summed E-state index contributed by atoms with van der Waals surface area (Å²) < 4.78 is 4.99. The molecule has 5 heteroatoms. The Labute approximate surface area is 126 Å². The zero-order chi connectivity index (χ0) is 15.1. The summed E-state index contributed by atoms with van der Waals surface area (Å²) in [5.74, 6) is 0. The molecule has 1 aliphatic rings. The van der Waals surface area contributed by atoms with E-state index in [1.807, 2.05) is 6.92 Å². The van der Waals surface area contributed by atoms with Gasteiger partial charge in [-0.1, -0.05) is 24.3 Å². The molecular formula is C16H25N3O2. The summed E-state index contributed by atoms with van der Waals surface area (Å²) in [4.78, 5) is 14.0. The number of methoxy groups -OCH3 is 1. The van der Waals surface area contributed by atoms with Gasteiger partial charge in [0.2, 0.25) is 0 Å². The zero-order valence-corrected chi connectivity index (χ0v) is 12.9. The largest absolute Gasteiger partial charge is 0.383 e. The highest BCUT2D eigenvalue weighted by Gasteiger charge is 2.15. The van der Waals surface area contributed by atoms with Crippen LogP contribution >= 0.6 is 0 Å². The van der Waals surface area contributed by atoms with Gasteiger partial charge in [-0.2, -0.15) is 0 Å². The third-order valence-corrected chi connectivity index (χ3v) is 3.72. The Bertz CT molecular complexity index is 465. The Balaban J connectivity index is 1.67. The van der Waals surface area contributed by atoms with Crippen molar-refractivity contribution in [1.29, 1.82) is 0 Å². The van der Waals surface area contributed by atoms with E-state index < -0.39 is 0 Å². The number of rotatable bonds is 6. The maximum atomic E-state index is 11.7. The van der Waals surface area contributed by atoms with Crippen LogP contribution in [0.15, 0.2) is 24.3 Å². The first-order valence-electron chi connectivity index (χ1n) is 7.51. The molecule has 1 aromatic rings. The van der Waals surface area contributed by atoms with E-state index in [-0.39, 0.29) is 12.1 Å². The molecular weight excluding hydrogens is 266 g/mol. The number of ether oxygens (including phenoxy) is 1. The van der Waals surface area contributed by atoms with Crippen molar-refractivity contribution in [2.75, 3.05) is 33.4 Å². The average Bonchev–Trinajstić information content (AvgIpc) is 2.47. The summed E-state index contributed by atoms with van der Waals surface area (Å²) >= 11 is 0. The summed E-state index contributed by atoms with van der Waals surface area (Å²) in [6.45, 7) is 6.01. The van der Waals surface area contributed by atoms with Crippen LogP contribution in [-0.2, 0) is 17.7 Å². The minimum absolute atomic E-state index is 0.0249. The van der Waals surface area contributed by atoms with E-state index in [4.69, 9.17) is 4.74 Å². The maximum Gasteiger partial charge on any atom is 0.315 e. The quantitative estimate of drug-likeness (QED) is 0.832. The SMILES string of the molecule is COCC(C)NC(=O)NCCN1CCc2ccccc2C1. The van der Waals surface area contributed by atoms with Gasteiger partial charge in [0.15, 0.2) is 0 Å². The Morgan fingerprint density at radius 2 is 2.14 bits per heavy atom. The molecule has 0 saturated carbocycles. The van der Waals surface area contributed by atoms with Crippen LogP contribution in [0, 0.1) is 0 Å². The highest BCUT2D eigenvalue weighted by atomic mass is 16.5. The number of nitrogens with one attached hydrogen (secondary N) is 2. The molecule has 5 nitrogen and oxygen atoms in total. The van der Waals surface area contributed by atoms with Crippen molar-refractivity contribution < 1.29 is 9.53 Å². The number of benzene rings is 1. The lowest BCUT2D eigenvalue weighted by Gasteiger charge is -2.28. The Kier molecular flexibility index (Phi) is 6.02. The summed E-state index contributed by atoms with van der Waals surface area (Å²) in [7, 11) is 1.63. The molecule has 116 valence electrons. The Hall–Kier alpha value is -1.59. The Morgan fingerprint density at radius 3 is 2.90 bits per heavy atom. The smallest absolute Gasteiger partial charge is 0.315 e. The molecule has 2 N–H and O–H groups in total. The number of hydrogen-bond donors (Lipinski definition) is 2. The van der Waals surface area contributed by atoms with Gasteiger partial charge in [-0.25, -0.2) is 4.79 Å². The molecule has 0 fully saturated rings. The highest BCUT2D eigenvalue weighted by Crippen LogP contribution is 2.17. The summed E-state index contributed by atoms with van der Waals surface area (Å²) in [6, 6.07) is 8.48. The highest BCUT2D eigenvalue weighted by molar-refractivity contribution is 5.74. The van der Waals surface area contributed by atoms with Crippen LogP contribution in [0.2, 0.25) is 0 Å². The zero-order valence-electron chi connectivity index (χ0n) is 12.9. The number of amides is 2. The van der Waals surface area contributed by atoms with Crippen molar-refractivity contribution in [3.8, 4) is 0 Å². The van der Waals surface area contributed by atoms with Gasteiger partial charge in [-0.05, 0) is 24.5 Å². The fourth-order valence-corrected chi connectivity index (χ4v) is 2.64. The summed E-state index contributed by atoms with van der Waals surface area (Å²) in [5, 5.41) is 5.74. The second-order valence-corrected chi connectivity index (χ2v) is 5.55. The molecule has 0 aromatic heterocycles. The first kappa shape index (κ1) is 15.8. The summed E-state index contributed by atoms with van der Waals surface area (Å²) in [5.41, 5.74) is 2.86. The third-order valence-electron chi connectivity index (χ3n) is 3.72. The molecule has 2 rings (SSSR count).